The summed E-state index contributed by atoms with van der Waals surface area (Å²) in [5.41, 5.74) is 1.53. The number of benzene rings is 1. The number of rotatable bonds is 3. The molecule has 2 nitrogen and oxygen atoms in total. The topological polar surface area (TPSA) is 24.9 Å². The highest BCUT2D eigenvalue weighted by Gasteiger charge is 2.21. The van der Waals surface area contributed by atoms with Crippen LogP contribution in [0.3, 0.4) is 0 Å². The Bertz CT molecular complexity index is 673. The third kappa shape index (κ3) is 2.99. The average Bonchev–Trinajstić information content (AvgIpc) is 2.40. The number of anilines is 1. The first-order valence-corrected chi connectivity index (χ1v) is 7.29. The Balaban J connectivity index is 2.81. The highest BCUT2D eigenvalue weighted by molar-refractivity contribution is 5.93. The molecule has 21 heavy (non-hydrogen) atoms. The van der Waals surface area contributed by atoms with E-state index in [9.17, 15) is 8.78 Å². The Morgan fingerprint density at radius 2 is 1.86 bits per heavy atom. The number of hydrogen-bond acceptors (Lipinski definition) is 2. The van der Waals surface area contributed by atoms with Gasteiger partial charge in [0.25, 0.3) is 0 Å². The summed E-state index contributed by atoms with van der Waals surface area (Å²) >= 11 is 0. The number of aromatic nitrogens is 1. The van der Waals surface area contributed by atoms with Crippen molar-refractivity contribution in [3.05, 3.63) is 35.0 Å². The van der Waals surface area contributed by atoms with Gasteiger partial charge in [-0.2, -0.15) is 0 Å². The van der Waals surface area contributed by atoms with Crippen LogP contribution >= 0.6 is 0 Å². The third-order valence-corrected chi connectivity index (χ3v) is 3.49. The zero-order valence-electron chi connectivity index (χ0n) is 13.3. The molecule has 0 fully saturated rings. The zero-order chi connectivity index (χ0) is 15.8. The predicted molar refractivity (Wildman–Crippen MR) is 83.9 cm³/mol. The third-order valence-electron chi connectivity index (χ3n) is 3.49. The number of nitrogens with one attached hydrogen (secondary N) is 1. The van der Waals surface area contributed by atoms with Crippen LogP contribution in [-0.2, 0) is 5.41 Å². The molecule has 0 unspecified atom stereocenters. The second-order valence-corrected chi connectivity index (χ2v) is 6.44. The summed E-state index contributed by atoms with van der Waals surface area (Å²) in [6.45, 7) is 10.3. The van der Waals surface area contributed by atoms with Crippen LogP contribution in [0.1, 0.15) is 45.4 Å². The van der Waals surface area contributed by atoms with Crippen molar-refractivity contribution in [1.82, 2.24) is 4.98 Å². The van der Waals surface area contributed by atoms with Crippen molar-refractivity contribution in [3.63, 3.8) is 0 Å². The van der Waals surface area contributed by atoms with Crippen molar-refractivity contribution in [2.24, 2.45) is 0 Å². The Hall–Kier alpha value is -1.71. The summed E-state index contributed by atoms with van der Waals surface area (Å²) in [6.07, 6.45) is 0.907. The first kappa shape index (κ1) is 15.7. The van der Waals surface area contributed by atoms with Crippen molar-refractivity contribution >= 4 is 16.6 Å². The van der Waals surface area contributed by atoms with Gasteiger partial charge in [0.2, 0.25) is 0 Å². The van der Waals surface area contributed by atoms with Gasteiger partial charge in [-0.1, -0.05) is 27.7 Å². The highest BCUT2D eigenvalue weighted by atomic mass is 19.1. The van der Waals surface area contributed by atoms with E-state index in [2.05, 4.69) is 10.3 Å². The van der Waals surface area contributed by atoms with Crippen molar-refractivity contribution in [2.45, 2.75) is 46.5 Å². The van der Waals surface area contributed by atoms with Crippen LogP contribution in [0.2, 0.25) is 0 Å². The van der Waals surface area contributed by atoms with Gasteiger partial charge in [-0.3, -0.25) is 0 Å². The molecule has 0 saturated heterocycles. The normalized spacial score (nSPS) is 12.0. The van der Waals surface area contributed by atoms with Gasteiger partial charge in [0.15, 0.2) is 0 Å². The average molecular weight is 292 g/mol. The van der Waals surface area contributed by atoms with Crippen LogP contribution < -0.4 is 5.32 Å². The number of hydrogen-bond donors (Lipinski definition) is 1. The van der Waals surface area contributed by atoms with Crippen LogP contribution in [0.15, 0.2) is 12.1 Å². The molecule has 1 aromatic carbocycles. The summed E-state index contributed by atoms with van der Waals surface area (Å²) in [5.74, 6) is -0.882. The van der Waals surface area contributed by atoms with E-state index >= 15 is 0 Å². The molecule has 4 heteroatoms. The van der Waals surface area contributed by atoms with Crippen molar-refractivity contribution in [1.29, 1.82) is 0 Å². The molecule has 1 aromatic heterocycles. The first-order chi connectivity index (χ1) is 9.75. The molecule has 0 amide bonds. The fourth-order valence-corrected chi connectivity index (χ4v) is 2.24. The molecule has 0 radical (unpaired) electrons. The van der Waals surface area contributed by atoms with E-state index in [0.717, 1.165) is 12.1 Å². The van der Waals surface area contributed by atoms with Crippen molar-refractivity contribution in [2.75, 3.05) is 11.9 Å². The fourth-order valence-electron chi connectivity index (χ4n) is 2.24. The highest BCUT2D eigenvalue weighted by Crippen LogP contribution is 2.33. The maximum atomic E-state index is 14.4. The summed E-state index contributed by atoms with van der Waals surface area (Å²) in [5, 5.41) is 3.44. The lowest BCUT2D eigenvalue weighted by Gasteiger charge is -2.21. The maximum absolute atomic E-state index is 14.4. The molecule has 0 atom stereocenters. The fraction of sp³-hybridized carbons (Fsp3) is 0.471. The molecular formula is C17H22F2N2. The maximum Gasteiger partial charge on any atom is 0.149 e. The summed E-state index contributed by atoms with van der Waals surface area (Å²) < 4.78 is 28.7. The van der Waals surface area contributed by atoms with E-state index in [0.29, 0.717) is 17.8 Å². The van der Waals surface area contributed by atoms with Gasteiger partial charge < -0.3 is 5.32 Å². The quantitative estimate of drug-likeness (QED) is 0.866. The second-order valence-electron chi connectivity index (χ2n) is 6.44. The van der Waals surface area contributed by atoms with Gasteiger partial charge in [0.05, 0.1) is 5.39 Å². The molecule has 0 aliphatic heterocycles. The number of nitrogens with zero attached hydrogens (tertiary/aromatic N) is 1. The number of fused-ring (bicyclic) bond motifs is 1. The molecule has 0 aliphatic carbocycles. The molecular weight excluding hydrogens is 270 g/mol. The number of pyridine rings is 1. The minimum atomic E-state index is -0.477. The lowest BCUT2D eigenvalue weighted by Crippen LogP contribution is -2.15. The molecule has 2 aromatic rings. The van der Waals surface area contributed by atoms with Crippen molar-refractivity contribution in [3.8, 4) is 0 Å². The lowest BCUT2D eigenvalue weighted by atomic mass is 9.90. The Labute approximate surface area is 124 Å². The minimum Gasteiger partial charge on any atom is -0.384 e. The lowest BCUT2D eigenvalue weighted by molar-refractivity contribution is 0.567. The van der Waals surface area contributed by atoms with E-state index in [4.69, 9.17) is 0 Å². The van der Waals surface area contributed by atoms with Gasteiger partial charge >= 0.3 is 0 Å². The molecule has 0 spiro atoms. The van der Waals surface area contributed by atoms with Crippen LogP contribution in [-0.4, -0.2) is 11.5 Å². The monoisotopic (exact) mass is 292 g/mol. The van der Waals surface area contributed by atoms with Crippen LogP contribution in [0, 0.1) is 18.6 Å². The predicted octanol–water partition coefficient (Wildman–Crippen LogP) is 4.94. The summed E-state index contributed by atoms with van der Waals surface area (Å²) in [4.78, 5) is 4.36. The number of aryl methyl sites for hydroxylation is 1. The Kier molecular flexibility index (Phi) is 4.17. The van der Waals surface area contributed by atoms with Gasteiger partial charge in [-0.15, -0.1) is 0 Å². The van der Waals surface area contributed by atoms with Crippen LogP contribution in [0.4, 0.5) is 14.5 Å². The zero-order valence-corrected chi connectivity index (χ0v) is 13.3. The first-order valence-electron chi connectivity index (χ1n) is 7.29. The van der Waals surface area contributed by atoms with Crippen molar-refractivity contribution < 1.29 is 8.78 Å². The Morgan fingerprint density at radius 3 is 2.43 bits per heavy atom. The van der Waals surface area contributed by atoms with E-state index in [1.54, 1.807) is 6.92 Å². The van der Waals surface area contributed by atoms with E-state index in [1.807, 2.05) is 33.8 Å². The largest absolute Gasteiger partial charge is 0.384 e. The van der Waals surface area contributed by atoms with Crippen LogP contribution in [0.5, 0.6) is 0 Å². The number of halogens is 2. The molecule has 114 valence electrons. The van der Waals surface area contributed by atoms with Crippen LogP contribution in [0.25, 0.3) is 10.9 Å². The van der Waals surface area contributed by atoms with E-state index in [1.165, 1.54) is 6.07 Å². The molecule has 2 rings (SSSR count). The minimum absolute atomic E-state index is 0.101. The standard InChI is InChI=1S/C17H22F2N2/c1-6-7-20-12-9-13(17(3,4)5)21-16-11(18)8-10(2)15(19)14(12)16/h8-9H,6-7H2,1-5H3,(H,20,21). The smallest absolute Gasteiger partial charge is 0.149 e. The van der Waals surface area contributed by atoms with Gasteiger partial charge in [-0.25, -0.2) is 13.8 Å². The Morgan fingerprint density at radius 1 is 1.19 bits per heavy atom. The van der Waals surface area contributed by atoms with Gasteiger partial charge in [0, 0.05) is 23.3 Å². The summed E-state index contributed by atoms with van der Waals surface area (Å²) in [6, 6.07) is 3.04. The molecule has 0 bridgehead atoms. The summed E-state index contributed by atoms with van der Waals surface area (Å²) in [7, 11) is 0. The van der Waals surface area contributed by atoms with Gasteiger partial charge in [0.1, 0.15) is 17.2 Å². The molecule has 1 heterocycles. The second kappa shape index (κ2) is 5.58. The van der Waals surface area contributed by atoms with E-state index in [-0.39, 0.29) is 16.3 Å². The SMILES string of the molecule is CCCNc1cc(C(C)(C)C)nc2c(F)cc(C)c(F)c12. The van der Waals surface area contributed by atoms with Gasteiger partial charge in [-0.05, 0) is 31.0 Å². The molecule has 0 aliphatic rings. The molecule has 1 N–H and O–H groups in total. The van der Waals surface area contributed by atoms with E-state index < -0.39 is 11.6 Å². The molecule has 0 saturated carbocycles.